The Morgan fingerprint density at radius 1 is 1.36 bits per heavy atom. The molecule has 0 radical (unpaired) electrons. The summed E-state index contributed by atoms with van der Waals surface area (Å²) in [7, 11) is 1.95. The number of hydrogen-bond acceptors (Lipinski definition) is 3. The number of nitrogens with one attached hydrogen (secondary N) is 1. The molecule has 1 heterocycles. The van der Waals surface area contributed by atoms with E-state index in [2.05, 4.69) is 5.32 Å². The zero-order valence-electron chi connectivity index (χ0n) is 11.9. The standard InChI is InChI=1S/C16H14ClFN2O2/c1-20-7-8-22-14-6-5-10(9-13(14)20)19-16(21)15-11(17)3-2-4-12(15)18/h2-6,9H,7-8H2,1H3,(H,19,21). The molecule has 2 aromatic carbocycles. The Morgan fingerprint density at radius 2 is 2.18 bits per heavy atom. The molecule has 114 valence electrons. The van der Waals surface area contributed by atoms with Gasteiger partial charge in [-0.3, -0.25) is 4.79 Å². The fourth-order valence-electron chi connectivity index (χ4n) is 2.34. The summed E-state index contributed by atoms with van der Waals surface area (Å²) in [6, 6.07) is 9.43. The second kappa shape index (κ2) is 5.85. The number of carbonyl (C=O) groups excluding carboxylic acids is 1. The minimum atomic E-state index is -0.650. The highest BCUT2D eigenvalue weighted by Gasteiger charge is 2.18. The molecule has 0 saturated heterocycles. The van der Waals surface area contributed by atoms with Gasteiger partial charge in [0.05, 0.1) is 22.8 Å². The van der Waals surface area contributed by atoms with E-state index in [0.717, 1.165) is 18.0 Å². The van der Waals surface area contributed by atoms with Crippen molar-refractivity contribution in [1.29, 1.82) is 0 Å². The number of nitrogens with zero attached hydrogens (tertiary/aromatic N) is 1. The third-order valence-corrected chi connectivity index (χ3v) is 3.82. The highest BCUT2D eigenvalue weighted by molar-refractivity contribution is 6.34. The van der Waals surface area contributed by atoms with E-state index in [1.54, 1.807) is 18.2 Å². The van der Waals surface area contributed by atoms with E-state index in [-0.39, 0.29) is 10.6 Å². The van der Waals surface area contributed by atoms with Crippen LogP contribution in [-0.4, -0.2) is 26.1 Å². The number of ether oxygens (including phenoxy) is 1. The van der Waals surface area contributed by atoms with Crippen LogP contribution in [0.3, 0.4) is 0 Å². The van der Waals surface area contributed by atoms with Gasteiger partial charge in [0.25, 0.3) is 5.91 Å². The SMILES string of the molecule is CN1CCOc2ccc(NC(=O)c3c(F)cccc3Cl)cc21. The summed E-state index contributed by atoms with van der Waals surface area (Å²) < 4.78 is 19.3. The molecule has 0 unspecified atom stereocenters. The first kappa shape index (κ1) is 14.7. The molecule has 4 nitrogen and oxygen atoms in total. The molecule has 0 spiro atoms. The highest BCUT2D eigenvalue weighted by Crippen LogP contribution is 2.33. The molecule has 0 aromatic heterocycles. The second-order valence-electron chi connectivity index (χ2n) is 5.00. The van der Waals surface area contributed by atoms with Crippen LogP contribution in [0.15, 0.2) is 36.4 Å². The summed E-state index contributed by atoms with van der Waals surface area (Å²) in [6.07, 6.45) is 0. The van der Waals surface area contributed by atoms with Gasteiger partial charge in [-0.25, -0.2) is 4.39 Å². The predicted octanol–water partition coefficient (Wildman–Crippen LogP) is 3.56. The maximum atomic E-state index is 13.8. The molecule has 0 saturated carbocycles. The predicted molar refractivity (Wildman–Crippen MR) is 84.6 cm³/mol. The Kier molecular flexibility index (Phi) is 3.90. The van der Waals surface area contributed by atoms with Gasteiger partial charge in [-0.15, -0.1) is 0 Å². The third kappa shape index (κ3) is 2.72. The van der Waals surface area contributed by atoms with Crippen molar-refractivity contribution in [1.82, 2.24) is 0 Å². The van der Waals surface area contributed by atoms with E-state index in [0.29, 0.717) is 12.3 Å². The molecule has 1 aliphatic rings. The van der Waals surface area contributed by atoms with Crippen molar-refractivity contribution in [3.05, 3.63) is 52.8 Å². The lowest BCUT2D eigenvalue weighted by molar-refractivity contribution is 0.102. The van der Waals surface area contributed by atoms with E-state index in [1.165, 1.54) is 18.2 Å². The van der Waals surface area contributed by atoms with Gasteiger partial charge in [-0.2, -0.15) is 0 Å². The van der Waals surface area contributed by atoms with Crippen LogP contribution in [0.1, 0.15) is 10.4 Å². The van der Waals surface area contributed by atoms with E-state index >= 15 is 0 Å². The Hall–Kier alpha value is -2.27. The van der Waals surface area contributed by atoms with Crippen molar-refractivity contribution >= 4 is 28.9 Å². The van der Waals surface area contributed by atoms with Crippen molar-refractivity contribution in [3.8, 4) is 5.75 Å². The smallest absolute Gasteiger partial charge is 0.260 e. The van der Waals surface area contributed by atoms with Crippen molar-refractivity contribution in [2.75, 3.05) is 30.4 Å². The molecule has 1 aliphatic heterocycles. The number of likely N-dealkylation sites (N-methyl/N-ethyl adjacent to an activating group) is 1. The van der Waals surface area contributed by atoms with Gasteiger partial charge in [0.2, 0.25) is 0 Å². The van der Waals surface area contributed by atoms with Crippen molar-refractivity contribution in [3.63, 3.8) is 0 Å². The van der Waals surface area contributed by atoms with Crippen LogP contribution in [0.5, 0.6) is 5.75 Å². The van der Waals surface area contributed by atoms with Gasteiger partial charge in [0.15, 0.2) is 0 Å². The molecule has 1 N–H and O–H groups in total. The summed E-state index contributed by atoms with van der Waals surface area (Å²) >= 11 is 5.90. The van der Waals surface area contributed by atoms with Gasteiger partial charge in [-0.05, 0) is 30.3 Å². The summed E-state index contributed by atoms with van der Waals surface area (Å²) in [5.41, 5.74) is 1.27. The summed E-state index contributed by atoms with van der Waals surface area (Å²) in [6.45, 7) is 1.39. The quantitative estimate of drug-likeness (QED) is 0.920. The number of fused-ring (bicyclic) bond motifs is 1. The van der Waals surface area contributed by atoms with Crippen LogP contribution >= 0.6 is 11.6 Å². The molecule has 22 heavy (non-hydrogen) atoms. The molecule has 0 atom stereocenters. The number of benzene rings is 2. The van der Waals surface area contributed by atoms with Crippen LogP contribution in [0.25, 0.3) is 0 Å². The molecule has 0 fully saturated rings. The van der Waals surface area contributed by atoms with Gasteiger partial charge in [0.1, 0.15) is 18.2 Å². The average molecular weight is 321 g/mol. The van der Waals surface area contributed by atoms with E-state index < -0.39 is 11.7 Å². The highest BCUT2D eigenvalue weighted by atomic mass is 35.5. The number of amides is 1. The Labute approximate surface area is 132 Å². The van der Waals surface area contributed by atoms with E-state index in [9.17, 15) is 9.18 Å². The summed E-state index contributed by atoms with van der Waals surface area (Å²) in [5, 5.41) is 2.74. The molecular formula is C16H14ClFN2O2. The minimum absolute atomic E-state index is 0.0795. The lowest BCUT2D eigenvalue weighted by Gasteiger charge is -2.28. The molecule has 2 aromatic rings. The number of anilines is 2. The zero-order valence-corrected chi connectivity index (χ0v) is 12.7. The van der Waals surface area contributed by atoms with E-state index in [4.69, 9.17) is 16.3 Å². The first-order valence-electron chi connectivity index (χ1n) is 6.79. The van der Waals surface area contributed by atoms with Crippen LogP contribution < -0.4 is 15.0 Å². The number of carbonyl (C=O) groups is 1. The maximum Gasteiger partial charge on any atom is 0.260 e. The number of hydrogen-bond donors (Lipinski definition) is 1. The summed E-state index contributed by atoms with van der Waals surface area (Å²) in [4.78, 5) is 14.3. The fraction of sp³-hybridized carbons (Fsp3) is 0.188. The van der Waals surface area contributed by atoms with Crippen molar-refractivity contribution in [2.45, 2.75) is 0 Å². The Morgan fingerprint density at radius 3 is 2.95 bits per heavy atom. The first-order valence-corrected chi connectivity index (χ1v) is 7.17. The largest absolute Gasteiger partial charge is 0.490 e. The normalized spacial score (nSPS) is 13.3. The molecule has 1 amide bonds. The fourth-order valence-corrected chi connectivity index (χ4v) is 2.59. The Bertz CT molecular complexity index is 716. The topological polar surface area (TPSA) is 41.6 Å². The maximum absolute atomic E-state index is 13.8. The van der Waals surface area contributed by atoms with Crippen molar-refractivity contribution < 1.29 is 13.9 Å². The van der Waals surface area contributed by atoms with Crippen LogP contribution in [0, 0.1) is 5.82 Å². The Balaban J connectivity index is 1.87. The molecule has 0 bridgehead atoms. The monoisotopic (exact) mass is 320 g/mol. The third-order valence-electron chi connectivity index (χ3n) is 3.50. The summed E-state index contributed by atoms with van der Waals surface area (Å²) in [5.74, 6) is -0.471. The van der Waals surface area contributed by atoms with Gasteiger partial charge < -0.3 is 15.0 Å². The van der Waals surface area contributed by atoms with Crippen molar-refractivity contribution in [2.24, 2.45) is 0 Å². The lowest BCUT2D eigenvalue weighted by atomic mass is 10.1. The molecule has 6 heteroatoms. The molecular weight excluding hydrogens is 307 g/mol. The van der Waals surface area contributed by atoms with Crippen LogP contribution in [-0.2, 0) is 0 Å². The zero-order chi connectivity index (χ0) is 15.7. The van der Waals surface area contributed by atoms with E-state index in [1.807, 2.05) is 11.9 Å². The lowest BCUT2D eigenvalue weighted by Crippen LogP contribution is -2.28. The number of halogens is 2. The van der Waals surface area contributed by atoms with Gasteiger partial charge >= 0.3 is 0 Å². The molecule has 3 rings (SSSR count). The van der Waals surface area contributed by atoms with Crippen LogP contribution in [0.2, 0.25) is 5.02 Å². The molecule has 0 aliphatic carbocycles. The minimum Gasteiger partial charge on any atom is -0.490 e. The van der Waals surface area contributed by atoms with Gasteiger partial charge in [0, 0.05) is 12.7 Å². The first-order chi connectivity index (χ1) is 10.6. The average Bonchev–Trinajstić information content (AvgIpc) is 2.48. The van der Waals surface area contributed by atoms with Gasteiger partial charge in [-0.1, -0.05) is 17.7 Å². The number of rotatable bonds is 2. The second-order valence-corrected chi connectivity index (χ2v) is 5.41. The van der Waals surface area contributed by atoms with Crippen LogP contribution in [0.4, 0.5) is 15.8 Å².